The minimum absolute atomic E-state index is 0.0449. The van der Waals surface area contributed by atoms with Crippen LogP contribution in [0.25, 0.3) is 5.69 Å². The summed E-state index contributed by atoms with van der Waals surface area (Å²) in [5, 5.41) is 15.9. The minimum Gasteiger partial charge on any atom is -0.494 e. The lowest BCUT2D eigenvalue weighted by atomic mass is 9.96. The number of methoxy groups -OCH3 is 2. The summed E-state index contributed by atoms with van der Waals surface area (Å²) in [7, 11) is 3.12. The molecule has 2 aromatic carbocycles. The molecule has 0 bridgehead atoms. The Kier molecular flexibility index (Phi) is 8.62. The van der Waals surface area contributed by atoms with Crippen LogP contribution in [0, 0.1) is 24.0 Å². The van der Waals surface area contributed by atoms with E-state index in [1.165, 1.54) is 19.2 Å². The fraction of sp³-hybridized carbons (Fsp3) is 0.267. The molecule has 1 N–H and O–H groups in total. The molecular formula is C30H30ClN5O5S. The van der Waals surface area contributed by atoms with Crippen molar-refractivity contribution in [3.8, 4) is 17.2 Å². The SMILES string of the molecule is COCCOc1ccc(N2C(=S)NC(c3ccccn3)C2c2cc(C)n(-c3ccc([N+](=O)[O-])cc3OC)c2C)cc1Cl. The molecule has 1 aliphatic rings. The zero-order valence-corrected chi connectivity index (χ0v) is 25.1. The maximum atomic E-state index is 11.4. The molecule has 5 rings (SSSR count). The quantitative estimate of drug-likeness (QED) is 0.0967. The van der Waals surface area contributed by atoms with E-state index in [4.69, 9.17) is 38.0 Å². The van der Waals surface area contributed by atoms with E-state index in [2.05, 4.69) is 16.4 Å². The second-order valence-electron chi connectivity index (χ2n) is 9.73. The third-order valence-electron chi connectivity index (χ3n) is 7.24. The smallest absolute Gasteiger partial charge is 0.273 e. The summed E-state index contributed by atoms with van der Waals surface area (Å²) in [5.41, 5.74) is 5.11. The highest BCUT2D eigenvalue weighted by Crippen LogP contribution is 2.45. The summed E-state index contributed by atoms with van der Waals surface area (Å²) in [5.74, 6) is 0.948. The summed E-state index contributed by atoms with van der Waals surface area (Å²) < 4.78 is 18.5. The largest absolute Gasteiger partial charge is 0.494 e. The number of nitro groups is 1. The highest BCUT2D eigenvalue weighted by atomic mass is 35.5. The van der Waals surface area contributed by atoms with Gasteiger partial charge in [0.1, 0.15) is 18.1 Å². The van der Waals surface area contributed by atoms with Gasteiger partial charge in [0.15, 0.2) is 5.11 Å². The van der Waals surface area contributed by atoms with Crippen LogP contribution in [0.5, 0.6) is 11.5 Å². The van der Waals surface area contributed by atoms with Gasteiger partial charge in [-0.2, -0.15) is 0 Å². The number of pyridine rings is 1. The van der Waals surface area contributed by atoms with Crippen LogP contribution in [0.15, 0.2) is 66.9 Å². The summed E-state index contributed by atoms with van der Waals surface area (Å²) in [6.45, 7) is 4.82. The molecule has 0 aliphatic carbocycles. The predicted molar refractivity (Wildman–Crippen MR) is 165 cm³/mol. The number of hydrogen-bond donors (Lipinski definition) is 1. The molecule has 10 nitrogen and oxygen atoms in total. The first kappa shape index (κ1) is 29.3. The van der Waals surface area contributed by atoms with Crippen molar-refractivity contribution in [1.82, 2.24) is 14.9 Å². The number of nitrogens with one attached hydrogen (secondary N) is 1. The number of ether oxygens (including phenoxy) is 3. The Labute approximate surface area is 253 Å². The Morgan fingerprint density at radius 3 is 2.55 bits per heavy atom. The number of halogens is 1. The first-order valence-electron chi connectivity index (χ1n) is 13.2. The lowest BCUT2D eigenvalue weighted by molar-refractivity contribution is -0.384. The molecule has 1 fully saturated rings. The summed E-state index contributed by atoms with van der Waals surface area (Å²) in [6.07, 6.45) is 1.76. The molecule has 12 heteroatoms. The van der Waals surface area contributed by atoms with Crippen LogP contribution in [0.2, 0.25) is 5.02 Å². The molecule has 1 aliphatic heterocycles. The van der Waals surface area contributed by atoms with Gasteiger partial charge in [-0.05, 0) is 74.1 Å². The molecule has 0 spiro atoms. The predicted octanol–water partition coefficient (Wildman–Crippen LogP) is 6.26. The van der Waals surface area contributed by atoms with Crippen molar-refractivity contribution < 1.29 is 19.1 Å². The zero-order valence-electron chi connectivity index (χ0n) is 23.5. The maximum absolute atomic E-state index is 11.4. The highest BCUT2D eigenvalue weighted by Gasteiger charge is 2.42. The standard InChI is InChI=1S/C30H30ClN5O5S/c1-18-15-22(19(2)34(18)25-10-8-21(36(37)38)17-27(25)40-4)29-28(24-7-5-6-12-32-24)33-30(42)35(29)20-9-11-26(23(31)16-20)41-14-13-39-3/h5-12,15-17,28-29H,13-14H2,1-4H3,(H,33,42). The summed E-state index contributed by atoms with van der Waals surface area (Å²) in [6, 6.07) is 17.5. The average Bonchev–Trinajstić information content (AvgIpc) is 3.48. The van der Waals surface area contributed by atoms with Crippen LogP contribution in [0.4, 0.5) is 11.4 Å². The van der Waals surface area contributed by atoms with Crippen molar-refractivity contribution in [3.63, 3.8) is 0 Å². The number of anilines is 1. The van der Waals surface area contributed by atoms with Gasteiger partial charge >= 0.3 is 0 Å². The van der Waals surface area contributed by atoms with Gasteiger partial charge in [0.25, 0.3) is 5.69 Å². The maximum Gasteiger partial charge on any atom is 0.273 e. The number of nitro benzene ring substituents is 1. The average molecular weight is 608 g/mol. The van der Waals surface area contributed by atoms with E-state index in [0.29, 0.717) is 40.5 Å². The van der Waals surface area contributed by atoms with Crippen LogP contribution < -0.4 is 19.7 Å². The summed E-state index contributed by atoms with van der Waals surface area (Å²) in [4.78, 5) is 17.7. The van der Waals surface area contributed by atoms with Gasteiger partial charge < -0.3 is 29.0 Å². The number of non-ortho nitro benzene ring substituents is 1. The fourth-order valence-electron chi connectivity index (χ4n) is 5.36. The van der Waals surface area contributed by atoms with Gasteiger partial charge in [-0.15, -0.1) is 0 Å². The van der Waals surface area contributed by atoms with E-state index in [1.807, 2.05) is 59.7 Å². The normalized spacial score (nSPS) is 16.4. The number of rotatable bonds is 10. The Balaban J connectivity index is 1.63. The fourth-order valence-corrected chi connectivity index (χ4v) is 5.94. The molecule has 1 saturated heterocycles. The molecule has 0 amide bonds. The van der Waals surface area contributed by atoms with E-state index in [0.717, 1.165) is 28.3 Å². The third kappa shape index (κ3) is 5.50. The first-order valence-corrected chi connectivity index (χ1v) is 14.0. The Bertz CT molecular complexity index is 1630. The molecule has 0 radical (unpaired) electrons. The van der Waals surface area contributed by atoms with E-state index in [9.17, 15) is 10.1 Å². The number of aryl methyl sites for hydroxylation is 1. The highest BCUT2D eigenvalue weighted by molar-refractivity contribution is 7.80. The van der Waals surface area contributed by atoms with Crippen molar-refractivity contribution in [1.29, 1.82) is 0 Å². The van der Waals surface area contributed by atoms with Crippen molar-refractivity contribution in [2.45, 2.75) is 25.9 Å². The van der Waals surface area contributed by atoms with E-state index >= 15 is 0 Å². The lowest BCUT2D eigenvalue weighted by Gasteiger charge is -2.28. The molecular weight excluding hydrogens is 578 g/mol. The van der Waals surface area contributed by atoms with Gasteiger partial charge in [-0.3, -0.25) is 15.1 Å². The monoisotopic (exact) mass is 607 g/mol. The molecule has 4 aromatic rings. The molecule has 0 saturated carbocycles. The molecule has 218 valence electrons. The van der Waals surface area contributed by atoms with Crippen LogP contribution in [0.3, 0.4) is 0 Å². The molecule has 2 unspecified atom stereocenters. The zero-order chi connectivity index (χ0) is 30.0. The van der Waals surface area contributed by atoms with Gasteiger partial charge in [0.05, 0.1) is 53.2 Å². The Morgan fingerprint density at radius 2 is 1.88 bits per heavy atom. The van der Waals surface area contributed by atoms with E-state index < -0.39 is 4.92 Å². The van der Waals surface area contributed by atoms with E-state index in [-0.39, 0.29) is 17.8 Å². The van der Waals surface area contributed by atoms with Crippen LogP contribution in [-0.2, 0) is 4.74 Å². The Hall–Kier alpha value is -4.19. The third-order valence-corrected chi connectivity index (χ3v) is 7.85. The summed E-state index contributed by atoms with van der Waals surface area (Å²) >= 11 is 12.6. The van der Waals surface area contributed by atoms with Gasteiger partial charge in [-0.25, -0.2) is 0 Å². The van der Waals surface area contributed by atoms with Crippen molar-refractivity contribution in [3.05, 3.63) is 105 Å². The minimum atomic E-state index is -0.438. The van der Waals surface area contributed by atoms with Gasteiger partial charge in [0.2, 0.25) is 0 Å². The van der Waals surface area contributed by atoms with Crippen molar-refractivity contribution in [2.24, 2.45) is 0 Å². The van der Waals surface area contributed by atoms with Gasteiger partial charge in [-0.1, -0.05) is 17.7 Å². The second-order valence-corrected chi connectivity index (χ2v) is 10.5. The number of hydrogen-bond acceptors (Lipinski definition) is 7. The molecule has 2 aromatic heterocycles. The Morgan fingerprint density at radius 1 is 1.07 bits per heavy atom. The molecule has 3 heterocycles. The number of thiocarbonyl (C=S) groups is 1. The van der Waals surface area contributed by atoms with Crippen LogP contribution in [0.1, 0.15) is 34.7 Å². The number of nitrogens with zero attached hydrogens (tertiary/aromatic N) is 4. The molecule has 2 atom stereocenters. The number of benzene rings is 2. The van der Waals surface area contributed by atoms with Crippen molar-refractivity contribution >= 4 is 40.3 Å². The lowest BCUT2D eigenvalue weighted by Crippen LogP contribution is -2.29. The van der Waals surface area contributed by atoms with Crippen molar-refractivity contribution in [2.75, 3.05) is 32.3 Å². The van der Waals surface area contributed by atoms with Gasteiger partial charge in [0, 0.05) is 36.4 Å². The molecule has 42 heavy (non-hydrogen) atoms. The van der Waals surface area contributed by atoms with E-state index in [1.54, 1.807) is 19.4 Å². The van der Waals surface area contributed by atoms with Crippen LogP contribution >= 0.6 is 23.8 Å². The topological polar surface area (TPSA) is 104 Å². The first-order chi connectivity index (χ1) is 20.2. The number of aromatic nitrogens is 2. The van der Waals surface area contributed by atoms with Crippen LogP contribution in [-0.4, -0.2) is 47.0 Å². The second kappa shape index (κ2) is 12.4.